The van der Waals surface area contributed by atoms with Gasteiger partial charge in [0.2, 0.25) is 5.91 Å². The number of carbonyl (C=O) groups excluding carboxylic acids is 2. The molecular weight excluding hydrogens is 308 g/mol. The molecule has 1 amide bonds. The molecule has 1 fully saturated rings. The number of carbonyl (C=O) groups is 2. The fourth-order valence-corrected chi connectivity index (χ4v) is 3.70. The minimum absolute atomic E-state index is 0.00256. The fourth-order valence-electron chi connectivity index (χ4n) is 3.04. The lowest BCUT2D eigenvalue weighted by Crippen LogP contribution is -2.42. The maximum Gasteiger partial charge on any atom is 0.229 e. The van der Waals surface area contributed by atoms with Crippen LogP contribution in [0.3, 0.4) is 0 Å². The Morgan fingerprint density at radius 3 is 2.52 bits per heavy atom. The summed E-state index contributed by atoms with van der Waals surface area (Å²) in [5, 5.41) is 2.42. The Kier molecular flexibility index (Phi) is 4.86. The molecule has 4 nitrogen and oxygen atoms in total. The summed E-state index contributed by atoms with van der Waals surface area (Å²) in [5.41, 5.74) is 1.04. The second kappa shape index (κ2) is 7.04. The zero-order valence-electron chi connectivity index (χ0n) is 13.1. The predicted molar refractivity (Wildman–Crippen MR) is 90.6 cm³/mol. The molecule has 1 aliphatic heterocycles. The second-order valence-electron chi connectivity index (χ2n) is 5.93. The van der Waals surface area contributed by atoms with Crippen molar-refractivity contribution < 1.29 is 9.59 Å². The van der Waals surface area contributed by atoms with Crippen LogP contribution in [0.25, 0.3) is 0 Å². The van der Waals surface area contributed by atoms with Gasteiger partial charge in [-0.25, -0.2) is 4.98 Å². The number of hydrogen-bond donors (Lipinski definition) is 0. The highest BCUT2D eigenvalue weighted by Gasteiger charge is 2.30. The van der Waals surface area contributed by atoms with Crippen molar-refractivity contribution in [3.8, 4) is 0 Å². The molecular formula is C18H20N2O2S. The predicted octanol–water partition coefficient (Wildman–Crippen LogP) is 3.37. The molecule has 2 aromatic rings. The van der Waals surface area contributed by atoms with E-state index in [9.17, 15) is 9.59 Å². The number of amides is 1. The highest BCUT2D eigenvalue weighted by Crippen LogP contribution is 2.25. The van der Waals surface area contributed by atoms with Crippen molar-refractivity contribution in [3.63, 3.8) is 0 Å². The second-order valence-corrected chi connectivity index (χ2v) is 6.83. The van der Waals surface area contributed by atoms with Gasteiger partial charge in [-0.05, 0) is 25.3 Å². The number of nitrogens with zero attached hydrogens (tertiary/aromatic N) is 2. The third kappa shape index (κ3) is 3.50. The first kappa shape index (κ1) is 15.9. The Labute approximate surface area is 140 Å². The van der Waals surface area contributed by atoms with Crippen molar-refractivity contribution in [1.82, 2.24) is 9.88 Å². The average molecular weight is 328 g/mol. The maximum absolute atomic E-state index is 12.6. The van der Waals surface area contributed by atoms with E-state index in [4.69, 9.17) is 0 Å². The van der Waals surface area contributed by atoms with Crippen LogP contribution in [0.5, 0.6) is 0 Å². The van der Waals surface area contributed by atoms with Crippen LogP contribution in [0, 0.1) is 5.92 Å². The van der Waals surface area contributed by atoms with Gasteiger partial charge < -0.3 is 4.90 Å². The van der Waals surface area contributed by atoms with Crippen LogP contribution < -0.4 is 0 Å². The SMILES string of the molecule is CC(C(=O)N1CCC(C(=O)c2nccs2)CC1)c1ccccc1. The number of ketones is 1. The van der Waals surface area contributed by atoms with Crippen LogP contribution in [-0.2, 0) is 4.79 Å². The Morgan fingerprint density at radius 1 is 1.22 bits per heavy atom. The molecule has 1 aromatic carbocycles. The fraction of sp³-hybridized carbons (Fsp3) is 0.389. The summed E-state index contributed by atoms with van der Waals surface area (Å²) in [6, 6.07) is 9.84. The van der Waals surface area contributed by atoms with Crippen LogP contribution >= 0.6 is 11.3 Å². The first-order valence-electron chi connectivity index (χ1n) is 7.94. The van der Waals surface area contributed by atoms with E-state index in [1.165, 1.54) is 11.3 Å². The molecule has 0 saturated carbocycles. The summed E-state index contributed by atoms with van der Waals surface area (Å²) in [5.74, 6) is 0.138. The van der Waals surface area contributed by atoms with Gasteiger partial charge in [-0.3, -0.25) is 9.59 Å². The van der Waals surface area contributed by atoms with E-state index in [2.05, 4.69) is 4.98 Å². The molecule has 23 heavy (non-hydrogen) atoms. The monoisotopic (exact) mass is 328 g/mol. The minimum Gasteiger partial charge on any atom is -0.342 e. The Balaban J connectivity index is 1.58. The van der Waals surface area contributed by atoms with Gasteiger partial charge in [0.25, 0.3) is 0 Å². The summed E-state index contributed by atoms with van der Waals surface area (Å²) < 4.78 is 0. The third-order valence-electron chi connectivity index (χ3n) is 4.49. The van der Waals surface area contributed by atoms with Gasteiger partial charge in [-0.2, -0.15) is 0 Å². The van der Waals surface area contributed by atoms with Crippen molar-refractivity contribution in [2.24, 2.45) is 5.92 Å². The van der Waals surface area contributed by atoms with E-state index in [1.54, 1.807) is 6.20 Å². The van der Waals surface area contributed by atoms with Crippen molar-refractivity contribution in [1.29, 1.82) is 0 Å². The first-order chi connectivity index (χ1) is 11.2. The Bertz CT molecular complexity index is 662. The Morgan fingerprint density at radius 2 is 1.91 bits per heavy atom. The number of piperidine rings is 1. The summed E-state index contributed by atoms with van der Waals surface area (Å²) in [6.45, 7) is 3.25. The summed E-state index contributed by atoms with van der Waals surface area (Å²) in [6.07, 6.45) is 3.12. The highest BCUT2D eigenvalue weighted by molar-refractivity contribution is 7.11. The lowest BCUT2D eigenvalue weighted by molar-refractivity contribution is -0.133. The smallest absolute Gasteiger partial charge is 0.229 e. The molecule has 1 aromatic heterocycles. The third-order valence-corrected chi connectivity index (χ3v) is 5.28. The standard InChI is InChI=1S/C18H20N2O2S/c1-13(14-5-3-2-4-6-14)18(22)20-10-7-15(8-11-20)16(21)17-19-9-12-23-17/h2-6,9,12-13,15H,7-8,10-11H2,1H3. The number of thiazole rings is 1. The van der Waals surface area contributed by atoms with Gasteiger partial charge in [0.1, 0.15) is 0 Å². The molecule has 0 N–H and O–H groups in total. The van der Waals surface area contributed by atoms with Crippen molar-refractivity contribution >= 4 is 23.0 Å². The highest BCUT2D eigenvalue weighted by atomic mass is 32.1. The summed E-state index contributed by atoms with van der Waals surface area (Å²) in [7, 11) is 0. The molecule has 120 valence electrons. The summed E-state index contributed by atoms with van der Waals surface area (Å²) >= 11 is 1.39. The lowest BCUT2D eigenvalue weighted by Gasteiger charge is -2.32. The number of Topliss-reactive ketones (excluding diaryl/α,β-unsaturated/α-hetero) is 1. The Hall–Kier alpha value is -2.01. The van der Waals surface area contributed by atoms with E-state index >= 15 is 0 Å². The maximum atomic E-state index is 12.6. The molecule has 1 saturated heterocycles. The van der Waals surface area contributed by atoms with Gasteiger partial charge in [0.15, 0.2) is 10.8 Å². The topological polar surface area (TPSA) is 50.3 Å². The van der Waals surface area contributed by atoms with E-state index in [0.29, 0.717) is 18.1 Å². The minimum atomic E-state index is -0.137. The molecule has 1 atom stereocenters. The molecule has 0 radical (unpaired) electrons. The van der Waals surface area contributed by atoms with E-state index in [1.807, 2.05) is 47.5 Å². The molecule has 0 aliphatic carbocycles. The van der Waals surface area contributed by atoms with E-state index in [0.717, 1.165) is 18.4 Å². The largest absolute Gasteiger partial charge is 0.342 e. The van der Waals surface area contributed by atoms with Crippen LogP contribution in [0.2, 0.25) is 0 Å². The molecule has 1 unspecified atom stereocenters. The molecule has 3 rings (SSSR count). The average Bonchev–Trinajstić information content (AvgIpc) is 3.15. The quantitative estimate of drug-likeness (QED) is 0.809. The van der Waals surface area contributed by atoms with E-state index < -0.39 is 0 Å². The van der Waals surface area contributed by atoms with Gasteiger partial charge in [0, 0.05) is 30.6 Å². The molecule has 1 aliphatic rings. The molecule has 5 heteroatoms. The van der Waals surface area contributed by atoms with Crippen molar-refractivity contribution in [3.05, 3.63) is 52.5 Å². The number of rotatable bonds is 4. The normalized spacial score (nSPS) is 17.0. The van der Waals surface area contributed by atoms with Crippen LogP contribution in [0.15, 0.2) is 41.9 Å². The zero-order valence-corrected chi connectivity index (χ0v) is 14.0. The molecule has 2 heterocycles. The van der Waals surface area contributed by atoms with Gasteiger partial charge in [0.05, 0.1) is 5.92 Å². The lowest BCUT2D eigenvalue weighted by atomic mass is 9.91. The number of likely N-dealkylation sites (tertiary alicyclic amines) is 1. The van der Waals surface area contributed by atoms with Crippen LogP contribution in [0.4, 0.5) is 0 Å². The van der Waals surface area contributed by atoms with Crippen molar-refractivity contribution in [2.75, 3.05) is 13.1 Å². The number of hydrogen-bond acceptors (Lipinski definition) is 4. The molecule has 0 spiro atoms. The van der Waals surface area contributed by atoms with Crippen molar-refractivity contribution in [2.45, 2.75) is 25.7 Å². The van der Waals surface area contributed by atoms with Gasteiger partial charge >= 0.3 is 0 Å². The van der Waals surface area contributed by atoms with Crippen LogP contribution in [-0.4, -0.2) is 34.7 Å². The zero-order chi connectivity index (χ0) is 16.2. The summed E-state index contributed by atoms with van der Waals surface area (Å²) in [4.78, 5) is 31.0. The van der Waals surface area contributed by atoms with E-state index in [-0.39, 0.29) is 23.5 Å². The number of aromatic nitrogens is 1. The first-order valence-corrected chi connectivity index (χ1v) is 8.82. The van der Waals surface area contributed by atoms with Crippen LogP contribution in [0.1, 0.15) is 41.0 Å². The van der Waals surface area contributed by atoms with Gasteiger partial charge in [-0.1, -0.05) is 30.3 Å². The van der Waals surface area contributed by atoms with Gasteiger partial charge in [-0.15, -0.1) is 11.3 Å². The number of benzene rings is 1. The molecule has 0 bridgehead atoms.